The summed E-state index contributed by atoms with van der Waals surface area (Å²) in [6.07, 6.45) is 0.938. The molecule has 0 saturated carbocycles. The number of nitrogens with one attached hydrogen (secondary N) is 1. The van der Waals surface area contributed by atoms with Crippen LogP contribution in [0.25, 0.3) is 0 Å². The van der Waals surface area contributed by atoms with Crippen molar-refractivity contribution in [1.82, 2.24) is 5.32 Å². The summed E-state index contributed by atoms with van der Waals surface area (Å²) in [6.45, 7) is 2.55. The second kappa shape index (κ2) is 5.98. The molecule has 0 radical (unpaired) electrons. The van der Waals surface area contributed by atoms with Crippen LogP contribution in [-0.4, -0.2) is 11.1 Å². The Morgan fingerprint density at radius 2 is 2.17 bits per heavy atom. The summed E-state index contributed by atoms with van der Waals surface area (Å²) in [7, 11) is 0. The van der Waals surface area contributed by atoms with Crippen LogP contribution < -0.4 is 5.32 Å². The van der Waals surface area contributed by atoms with Crippen LogP contribution in [0.5, 0.6) is 5.75 Å². The Morgan fingerprint density at radius 1 is 1.33 bits per heavy atom. The zero-order chi connectivity index (χ0) is 13.0. The van der Waals surface area contributed by atoms with E-state index in [1.165, 1.54) is 10.9 Å². The Bertz CT molecular complexity index is 499. The molecule has 0 bridgehead atoms. The Hall–Kier alpha value is -1.39. The molecule has 4 heteroatoms. The van der Waals surface area contributed by atoms with Crippen molar-refractivity contribution in [3.05, 3.63) is 52.0 Å². The molecule has 1 atom stereocenters. The maximum Gasteiger partial charge on any atom is 0.165 e. The Kier molecular flexibility index (Phi) is 4.33. The van der Waals surface area contributed by atoms with Gasteiger partial charge in [-0.25, -0.2) is 4.39 Å². The molecule has 0 saturated heterocycles. The van der Waals surface area contributed by atoms with Gasteiger partial charge in [-0.15, -0.1) is 11.3 Å². The van der Waals surface area contributed by atoms with Crippen LogP contribution in [0.15, 0.2) is 35.7 Å². The summed E-state index contributed by atoms with van der Waals surface area (Å²) in [4.78, 5) is 1.32. The molecule has 18 heavy (non-hydrogen) atoms. The highest BCUT2D eigenvalue weighted by atomic mass is 32.1. The maximum atomic E-state index is 13.1. The summed E-state index contributed by atoms with van der Waals surface area (Å²) in [5, 5.41) is 14.9. The van der Waals surface area contributed by atoms with Gasteiger partial charge in [-0.2, -0.15) is 0 Å². The van der Waals surface area contributed by atoms with Crippen molar-refractivity contribution in [2.24, 2.45) is 0 Å². The fraction of sp³-hybridized carbons (Fsp3) is 0.286. The Balaban J connectivity index is 1.89. The predicted molar refractivity (Wildman–Crippen MR) is 72.4 cm³/mol. The van der Waals surface area contributed by atoms with E-state index >= 15 is 0 Å². The number of hydrogen-bond acceptors (Lipinski definition) is 3. The van der Waals surface area contributed by atoms with Gasteiger partial charge in [0.1, 0.15) is 0 Å². The molecule has 2 rings (SSSR count). The molecule has 0 aliphatic rings. The van der Waals surface area contributed by atoms with Crippen LogP contribution in [-0.2, 0) is 13.0 Å². The van der Waals surface area contributed by atoms with Crippen molar-refractivity contribution in [2.45, 2.75) is 25.9 Å². The smallest absolute Gasteiger partial charge is 0.165 e. The van der Waals surface area contributed by atoms with Crippen LogP contribution in [0.2, 0.25) is 0 Å². The van der Waals surface area contributed by atoms with Crippen molar-refractivity contribution in [3.63, 3.8) is 0 Å². The molecular formula is C14H16FNOS. The van der Waals surface area contributed by atoms with Crippen molar-refractivity contribution in [2.75, 3.05) is 0 Å². The minimum atomic E-state index is -0.569. The number of aromatic hydroxyl groups is 1. The number of halogens is 1. The Labute approximate surface area is 110 Å². The fourth-order valence-corrected chi connectivity index (χ4v) is 2.62. The van der Waals surface area contributed by atoms with Gasteiger partial charge in [-0.1, -0.05) is 18.2 Å². The van der Waals surface area contributed by atoms with E-state index in [4.69, 9.17) is 0 Å². The van der Waals surface area contributed by atoms with Crippen LogP contribution in [0.1, 0.15) is 17.4 Å². The van der Waals surface area contributed by atoms with Crippen molar-refractivity contribution < 1.29 is 9.50 Å². The SMILES string of the molecule is CC(Cc1cccs1)NCc1cccc(F)c1O. The van der Waals surface area contributed by atoms with Gasteiger partial charge in [0.25, 0.3) is 0 Å². The van der Waals surface area contributed by atoms with E-state index in [1.54, 1.807) is 23.5 Å². The molecule has 1 heterocycles. The first kappa shape index (κ1) is 13.1. The standard InChI is InChI=1S/C14H16FNOS/c1-10(8-12-5-3-7-18-12)16-9-11-4-2-6-13(15)14(11)17/h2-7,10,16-17H,8-9H2,1H3. The van der Waals surface area contributed by atoms with Gasteiger partial charge in [0.2, 0.25) is 0 Å². The first-order chi connectivity index (χ1) is 8.66. The van der Waals surface area contributed by atoms with Gasteiger partial charge >= 0.3 is 0 Å². The number of hydrogen-bond donors (Lipinski definition) is 2. The highest BCUT2D eigenvalue weighted by molar-refractivity contribution is 7.09. The molecule has 2 N–H and O–H groups in total. The molecule has 2 aromatic rings. The van der Waals surface area contributed by atoms with E-state index in [2.05, 4.69) is 23.7 Å². The summed E-state index contributed by atoms with van der Waals surface area (Å²) in [5.41, 5.74) is 0.591. The van der Waals surface area contributed by atoms with Gasteiger partial charge in [0, 0.05) is 23.0 Å². The Morgan fingerprint density at radius 3 is 2.89 bits per heavy atom. The predicted octanol–water partition coefficient (Wildman–Crippen LogP) is 3.31. The zero-order valence-electron chi connectivity index (χ0n) is 10.2. The van der Waals surface area contributed by atoms with Gasteiger partial charge in [-0.05, 0) is 30.9 Å². The minimum absolute atomic E-state index is 0.256. The average molecular weight is 265 g/mol. The molecule has 1 aromatic carbocycles. The summed E-state index contributed by atoms with van der Waals surface area (Å²) in [6, 6.07) is 9.01. The second-order valence-electron chi connectivity index (χ2n) is 4.31. The van der Waals surface area contributed by atoms with E-state index in [0.717, 1.165) is 6.42 Å². The average Bonchev–Trinajstić information content (AvgIpc) is 2.84. The quantitative estimate of drug-likeness (QED) is 0.869. The van der Waals surface area contributed by atoms with Crippen LogP contribution in [0.4, 0.5) is 4.39 Å². The largest absolute Gasteiger partial charge is 0.505 e. The van der Waals surface area contributed by atoms with Gasteiger partial charge in [0.05, 0.1) is 0 Å². The number of benzene rings is 1. The molecule has 2 nitrogen and oxygen atoms in total. The number of thiophene rings is 1. The summed E-state index contributed by atoms with van der Waals surface area (Å²) >= 11 is 1.73. The van der Waals surface area contributed by atoms with Crippen molar-refractivity contribution in [1.29, 1.82) is 0 Å². The van der Waals surface area contributed by atoms with E-state index < -0.39 is 5.82 Å². The minimum Gasteiger partial charge on any atom is -0.505 e. The molecule has 96 valence electrons. The number of phenols is 1. The third-order valence-corrected chi connectivity index (χ3v) is 3.70. The van der Waals surface area contributed by atoms with Crippen LogP contribution in [0.3, 0.4) is 0 Å². The fourth-order valence-electron chi connectivity index (χ4n) is 1.79. The molecule has 1 unspecified atom stereocenters. The number of para-hydroxylation sites is 1. The molecule has 0 amide bonds. The monoisotopic (exact) mass is 265 g/mol. The molecule has 0 aliphatic heterocycles. The van der Waals surface area contributed by atoms with E-state index in [0.29, 0.717) is 12.1 Å². The van der Waals surface area contributed by atoms with E-state index in [-0.39, 0.29) is 11.8 Å². The van der Waals surface area contributed by atoms with Crippen LogP contribution >= 0.6 is 11.3 Å². The molecule has 1 aromatic heterocycles. The third kappa shape index (κ3) is 3.31. The normalized spacial score (nSPS) is 12.6. The lowest BCUT2D eigenvalue weighted by Gasteiger charge is -2.13. The highest BCUT2D eigenvalue weighted by Gasteiger charge is 2.08. The van der Waals surface area contributed by atoms with Gasteiger partial charge in [0.15, 0.2) is 11.6 Å². The molecule has 0 spiro atoms. The summed E-state index contributed by atoms with van der Waals surface area (Å²) < 4.78 is 13.1. The maximum absolute atomic E-state index is 13.1. The lowest BCUT2D eigenvalue weighted by Crippen LogP contribution is -2.27. The van der Waals surface area contributed by atoms with Crippen LogP contribution in [0, 0.1) is 5.82 Å². The van der Waals surface area contributed by atoms with Gasteiger partial charge < -0.3 is 10.4 Å². The molecule has 0 fully saturated rings. The van der Waals surface area contributed by atoms with Crippen molar-refractivity contribution in [3.8, 4) is 5.75 Å². The second-order valence-corrected chi connectivity index (χ2v) is 5.35. The first-order valence-corrected chi connectivity index (χ1v) is 6.77. The first-order valence-electron chi connectivity index (χ1n) is 5.89. The topological polar surface area (TPSA) is 32.3 Å². The van der Waals surface area contributed by atoms with Gasteiger partial charge in [-0.3, -0.25) is 0 Å². The van der Waals surface area contributed by atoms with E-state index in [9.17, 15) is 9.50 Å². The lowest BCUT2D eigenvalue weighted by molar-refractivity contribution is 0.420. The number of phenolic OH excluding ortho intramolecular Hbond substituents is 1. The van der Waals surface area contributed by atoms with E-state index in [1.807, 2.05) is 6.07 Å². The molecular weight excluding hydrogens is 249 g/mol. The summed E-state index contributed by atoms with van der Waals surface area (Å²) in [5.74, 6) is -0.825. The molecule has 0 aliphatic carbocycles. The third-order valence-electron chi connectivity index (χ3n) is 2.80. The highest BCUT2D eigenvalue weighted by Crippen LogP contribution is 2.20. The zero-order valence-corrected chi connectivity index (χ0v) is 11.0. The van der Waals surface area contributed by atoms with Crippen molar-refractivity contribution >= 4 is 11.3 Å². The number of rotatable bonds is 5. The lowest BCUT2D eigenvalue weighted by atomic mass is 10.1.